The number of rotatable bonds is 6. The highest BCUT2D eigenvalue weighted by Crippen LogP contribution is 2.36. The minimum absolute atomic E-state index is 0.0592. The molecule has 2 unspecified atom stereocenters. The van der Waals surface area contributed by atoms with Gasteiger partial charge in [-0.3, -0.25) is 4.90 Å². The van der Waals surface area contributed by atoms with Gasteiger partial charge in [0.1, 0.15) is 0 Å². The van der Waals surface area contributed by atoms with Crippen LogP contribution in [0.25, 0.3) is 11.4 Å². The van der Waals surface area contributed by atoms with Gasteiger partial charge in [0.15, 0.2) is 11.5 Å². The van der Waals surface area contributed by atoms with Crippen LogP contribution in [0, 0.1) is 0 Å². The Morgan fingerprint density at radius 2 is 1.93 bits per heavy atom. The van der Waals surface area contributed by atoms with Crippen LogP contribution in [0.3, 0.4) is 0 Å². The van der Waals surface area contributed by atoms with Gasteiger partial charge in [0.2, 0.25) is 18.5 Å². The first-order valence-electron chi connectivity index (χ1n) is 9.96. The molecule has 0 amide bonds. The molecular weight excluding hydrogens is 370 g/mol. The number of β-amino-alcohol motifs (C(OH)–C–C–N with tert-alkyl or cyclic N) is 1. The summed E-state index contributed by atoms with van der Waals surface area (Å²) in [5.74, 6) is 2.48. The first-order chi connectivity index (χ1) is 14.3. The second-order valence-corrected chi connectivity index (χ2v) is 7.51. The van der Waals surface area contributed by atoms with Gasteiger partial charge in [0.05, 0.1) is 12.1 Å². The van der Waals surface area contributed by atoms with Gasteiger partial charge >= 0.3 is 0 Å². The molecule has 1 aromatic heterocycles. The summed E-state index contributed by atoms with van der Waals surface area (Å²) in [7, 11) is 0. The Labute approximate surface area is 168 Å². The monoisotopic (exact) mass is 393 g/mol. The van der Waals surface area contributed by atoms with Gasteiger partial charge in [0, 0.05) is 12.1 Å². The van der Waals surface area contributed by atoms with Crippen LogP contribution in [0.1, 0.15) is 30.3 Å². The molecule has 2 aliphatic heterocycles. The van der Waals surface area contributed by atoms with Crippen LogP contribution in [-0.2, 0) is 6.42 Å². The molecule has 1 saturated heterocycles. The van der Waals surface area contributed by atoms with Crippen molar-refractivity contribution in [1.29, 1.82) is 0 Å². The number of hydrogen-bond donors (Lipinski definition) is 1. The number of hydrogen-bond acceptors (Lipinski definition) is 7. The Balaban J connectivity index is 1.28. The third kappa shape index (κ3) is 3.83. The minimum atomic E-state index is -0.377. The number of nitrogens with zero attached hydrogens (tertiary/aromatic N) is 3. The van der Waals surface area contributed by atoms with E-state index in [0.717, 1.165) is 30.7 Å². The second-order valence-electron chi connectivity index (χ2n) is 7.51. The third-order valence-electron chi connectivity index (χ3n) is 5.49. The number of aliphatic hydroxyl groups excluding tert-OH is 1. The maximum atomic E-state index is 10.2. The molecule has 5 rings (SSSR count). The van der Waals surface area contributed by atoms with E-state index in [2.05, 4.69) is 39.3 Å². The average molecular weight is 393 g/mol. The Bertz CT molecular complexity index is 975. The Morgan fingerprint density at radius 1 is 1.07 bits per heavy atom. The number of aromatic nitrogens is 2. The molecule has 2 atom stereocenters. The Kier molecular flexibility index (Phi) is 4.91. The molecule has 3 aromatic rings. The van der Waals surface area contributed by atoms with Gasteiger partial charge in [-0.15, -0.1) is 0 Å². The molecule has 1 N–H and O–H groups in total. The maximum Gasteiger partial charge on any atom is 0.244 e. The van der Waals surface area contributed by atoms with Crippen LogP contribution in [0.15, 0.2) is 53.1 Å². The van der Waals surface area contributed by atoms with E-state index in [1.54, 1.807) is 0 Å². The van der Waals surface area contributed by atoms with Gasteiger partial charge in [0.25, 0.3) is 0 Å². The fourth-order valence-electron chi connectivity index (χ4n) is 4.04. The van der Waals surface area contributed by atoms with Crippen molar-refractivity contribution in [3.8, 4) is 22.9 Å². The normalized spacial score (nSPS) is 21.0. The highest BCUT2D eigenvalue weighted by molar-refractivity contribution is 5.61. The Morgan fingerprint density at radius 3 is 2.83 bits per heavy atom. The Hall–Kier alpha value is -2.90. The molecular formula is C22H23N3O4. The number of aliphatic hydroxyl groups is 1. The van der Waals surface area contributed by atoms with Crippen molar-refractivity contribution in [2.75, 3.05) is 19.9 Å². The molecule has 0 spiro atoms. The molecule has 7 heteroatoms. The van der Waals surface area contributed by atoms with Crippen LogP contribution in [0.5, 0.6) is 11.5 Å². The molecule has 0 aliphatic carbocycles. The van der Waals surface area contributed by atoms with Crippen molar-refractivity contribution < 1.29 is 19.1 Å². The molecule has 0 saturated carbocycles. The third-order valence-corrected chi connectivity index (χ3v) is 5.49. The van der Waals surface area contributed by atoms with E-state index in [1.165, 1.54) is 5.56 Å². The topological polar surface area (TPSA) is 80.9 Å². The van der Waals surface area contributed by atoms with Crippen LogP contribution in [0.4, 0.5) is 0 Å². The SMILES string of the molecule is OC1CC(c2nc(-c3ccc4c(c3)OCO4)no2)N(CCCc2ccccc2)C1. The predicted molar refractivity (Wildman–Crippen MR) is 106 cm³/mol. The summed E-state index contributed by atoms with van der Waals surface area (Å²) in [6.07, 6.45) is 2.24. The van der Waals surface area contributed by atoms with Crippen molar-refractivity contribution in [1.82, 2.24) is 15.0 Å². The highest BCUT2D eigenvalue weighted by Gasteiger charge is 2.35. The van der Waals surface area contributed by atoms with E-state index in [1.807, 2.05) is 24.3 Å². The predicted octanol–water partition coefficient (Wildman–Crippen LogP) is 3.21. The van der Waals surface area contributed by atoms with Crippen LogP contribution in [0.2, 0.25) is 0 Å². The lowest BCUT2D eigenvalue weighted by Gasteiger charge is -2.20. The second kappa shape index (κ2) is 7.85. The van der Waals surface area contributed by atoms with Gasteiger partial charge < -0.3 is 19.1 Å². The van der Waals surface area contributed by atoms with Crippen LogP contribution in [-0.4, -0.2) is 46.1 Å². The van der Waals surface area contributed by atoms with Gasteiger partial charge in [-0.25, -0.2) is 0 Å². The summed E-state index contributed by atoms with van der Waals surface area (Å²) < 4.78 is 16.4. The molecule has 29 heavy (non-hydrogen) atoms. The summed E-state index contributed by atoms with van der Waals surface area (Å²) in [5.41, 5.74) is 2.14. The fraction of sp³-hybridized carbons (Fsp3) is 0.364. The number of fused-ring (bicyclic) bond motifs is 1. The number of aryl methyl sites for hydroxylation is 1. The van der Waals surface area contributed by atoms with Gasteiger partial charge in [-0.1, -0.05) is 35.5 Å². The molecule has 0 bridgehead atoms. The van der Waals surface area contributed by atoms with Gasteiger partial charge in [-0.05, 0) is 49.6 Å². The molecule has 2 aromatic carbocycles. The summed E-state index contributed by atoms with van der Waals surface area (Å²) in [6, 6.07) is 16.0. The van der Waals surface area contributed by atoms with Crippen molar-refractivity contribution in [3.63, 3.8) is 0 Å². The lowest BCUT2D eigenvalue weighted by molar-refractivity contribution is 0.172. The van der Waals surface area contributed by atoms with E-state index < -0.39 is 0 Å². The zero-order valence-electron chi connectivity index (χ0n) is 16.0. The quantitative estimate of drug-likeness (QED) is 0.689. The van der Waals surface area contributed by atoms with E-state index in [4.69, 9.17) is 14.0 Å². The standard InChI is InChI=1S/C22H23N3O4/c26-17-12-18(25(13-17)10-4-7-15-5-2-1-3-6-15)22-23-21(24-29-22)16-8-9-19-20(11-16)28-14-27-19/h1-3,5-6,8-9,11,17-18,26H,4,7,10,12-14H2. The molecule has 7 nitrogen and oxygen atoms in total. The van der Waals surface area contributed by atoms with E-state index in [0.29, 0.717) is 30.4 Å². The van der Waals surface area contributed by atoms with Crippen LogP contribution >= 0.6 is 0 Å². The average Bonchev–Trinajstić information content (AvgIpc) is 3.47. The highest BCUT2D eigenvalue weighted by atomic mass is 16.7. The largest absolute Gasteiger partial charge is 0.454 e. The zero-order chi connectivity index (χ0) is 19.6. The number of ether oxygens (including phenoxy) is 2. The fourth-order valence-corrected chi connectivity index (χ4v) is 4.04. The first-order valence-corrected chi connectivity index (χ1v) is 9.96. The molecule has 0 radical (unpaired) electrons. The molecule has 3 heterocycles. The zero-order valence-corrected chi connectivity index (χ0v) is 16.0. The lowest BCUT2D eigenvalue weighted by atomic mass is 10.1. The molecule has 1 fully saturated rings. The number of benzene rings is 2. The van der Waals surface area contributed by atoms with E-state index in [9.17, 15) is 5.11 Å². The van der Waals surface area contributed by atoms with Crippen molar-refractivity contribution in [2.45, 2.75) is 31.4 Å². The van der Waals surface area contributed by atoms with Gasteiger partial charge in [-0.2, -0.15) is 4.98 Å². The molecule has 150 valence electrons. The van der Waals surface area contributed by atoms with Crippen LogP contribution < -0.4 is 9.47 Å². The smallest absolute Gasteiger partial charge is 0.244 e. The summed E-state index contributed by atoms with van der Waals surface area (Å²) in [5, 5.41) is 14.4. The maximum absolute atomic E-state index is 10.2. The lowest BCUT2D eigenvalue weighted by Crippen LogP contribution is -2.26. The van der Waals surface area contributed by atoms with E-state index in [-0.39, 0.29) is 18.9 Å². The number of likely N-dealkylation sites (tertiary alicyclic amines) is 1. The van der Waals surface area contributed by atoms with Crippen molar-refractivity contribution >= 4 is 0 Å². The van der Waals surface area contributed by atoms with Crippen molar-refractivity contribution in [3.05, 3.63) is 60.0 Å². The molecule has 2 aliphatic rings. The van der Waals surface area contributed by atoms with E-state index >= 15 is 0 Å². The summed E-state index contributed by atoms with van der Waals surface area (Å²) >= 11 is 0. The summed E-state index contributed by atoms with van der Waals surface area (Å²) in [6.45, 7) is 1.73. The minimum Gasteiger partial charge on any atom is -0.454 e. The first kappa shape index (κ1) is 18.1. The van der Waals surface area contributed by atoms with Crippen molar-refractivity contribution in [2.24, 2.45) is 0 Å². The summed E-state index contributed by atoms with van der Waals surface area (Å²) in [4.78, 5) is 6.85.